The van der Waals surface area contributed by atoms with E-state index in [0.29, 0.717) is 25.2 Å². The number of halogens is 1. The standard InChI is InChI=1S/C13H24N2O2.ClH/c1-10(11-5-3-2-4-6-11)15-13(16)12-9-17-8-7-14-12;/h10-12,14H,2-9H2,1H3,(H,15,16);1H. The number of hydrogen-bond donors (Lipinski definition) is 2. The summed E-state index contributed by atoms with van der Waals surface area (Å²) in [6, 6.07) is 0.140. The summed E-state index contributed by atoms with van der Waals surface area (Å²) in [4.78, 5) is 12.0. The summed E-state index contributed by atoms with van der Waals surface area (Å²) < 4.78 is 5.31. The number of amides is 1. The highest BCUT2D eigenvalue weighted by atomic mass is 35.5. The maximum absolute atomic E-state index is 12.0. The highest BCUT2D eigenvalue weighted by molar-refractivity contribution is 5.85. The van der Waals surface area contributed by atoms with Gasteiger partial charge in [0.1, 0.15) is 6.04 Å². The van der Waals surface area contributed by atoms with Crippen molar-refractivity contribution < 1.29 is 9.53 Å². The number of carbonyl (C=O) groups excluding carboxylic acids is 1. The predicted molar refractivity (Wildman–Crippen MR) is 74.0 cm³/mol. The normalized spacial score (nSPS) is 27.1. The van der Waals surface area contributed by atoms with Crippen LogP contribution in [-0.2, 0) is 9.53 Å². The predicted octanol–water partition coefficient (Wildman–Crippen LogP) is 1.48. The Balaban J connectivity index is 0.00000162. The first-order chi connectivity index (χ1) is 8.27. The van der Waals surface area contributed by atoms with Crippen LogP contribution in [0, 0.1) is 5.92 Å². The second kappa shape index (κ2) is 7.97. The van der Waals surface area contributed by atoms with Gasteiger partial charge >= 0.3 is 0 Å². The number of nitrogens with one attached hydrogen (secondary N) is 2. The molecule has 1 heterocycles. The molecule has 0 spiro atoms. The summed E-state index contributed by atoms with van der Waals surface area (Å²) >= 11 is 0. The quantitative estimate of drug-likeness (QED) is 0.821. The molecule has 1 saturated heterocycles. The zero-order valence-electron chi connectivity index (χ0n) is 11.1. The molecule has 1 amide bonds. The van der Waals surface area contributed by atoms with E-state index in [0.717, 1.165) is 6.54 Å². The van der Waals surface area contributed by atoms with Crippen LogP contribution in [0.25, 0.3) is 0 Å². The fourth-order valence-electron chi connectivity index (χ4n) is 2.81. The van der Waals surface area contributed by atoms with Crippen LogP contribution in [0.2, 0.25) is 0 Å². The summed E-state index contributed by atoms with van der Waals surface area (Å²) in [6.07, 6.45) is 6.51. The van der Waals surface area contributed by atoms with E-state index in [4.69, 9.17) is 4.74 Å². The van der Waals surface area contributed by atoms with E-state index < -0.39 is 0 Å². The van der Waals surface area contributed by atoms with Crippen LogP contribution in [0.1, 0.15) is 39.0 Å². The molecule has 2 unspecified atom stereocenters. The van der Waals surface area contributed by atoms with E-state index in [2.05, 4.69) is 17.6 Å². The summed E-state index contributed by atoms with van der Waals surface area (Å²) in [5.41, 5.74) is 0. The molecule has 2 fully saturated rings. The van der Waals surface area contributed by atoms with Gasteiger partial charge in [0.15, 0.2) is 0 Å². The second-order valence-corrected chi connectivity index (χ2v) is 5.28. The number of carbonyl (C=O) groups is 1. The second-order valence-electron chi connectivity index (χ2n) is 5.28. The molecule has 0 bridgehead atoms. The van der Waals surface area contributed by atoms with Gasteiger partial charge in [0.2, 0.25) is 5.91 Å². The van der Waals surface area contributed by atoms with E-state index in [1.807, 2.05) is 0 Å². The molecule has 2 rings (SSSR count). The summed E-state index contributed by atoms with van der Waals surface area (Å²) in [5, 5.41) is 6.33. The molecule has 2 aliphatic rings. The van der Waals surface area contributed by atoms with E-state index in [9.17, 15) is 4.79 Å². The Morgan fingerprint density at radius 3 is 2.67 bits per heavy atom. The lowest BCUT2D eigenvalue weighted by molar-refractivity contribution is -0.126. The lowest BCUT2D eigenvalue weighted by atomic mass is 9.84. The summed E-state index contributed by atoms with van der Waals surface area (Å²) in [6.45, 7) is 4.12. The van der Waals surface area contributed by atoms with Gasteiger partial charge < -0.3 is 15.4 Å². The van der Waals surface area contributed by atoms with Crippen LogP contribution >= 0.6 is 12.4 Å². The van der Waals surface area contributed by atoms with Gasteiger partial charge in [-0.3, -0.25) is 4.79 Å². The lowest BCUT2D eigenvalue weighted by Gasteiger charge is -2.30. The van der Waals surface area contributed by atoms with E-state index in [1.165, 1.54) is 32.1 Å². The van der Waals surface area contributed by atoms with E-state index in [1.54, 1.807) is 0 Å². The number of morpholine rings is 1. The first-order valence-electron chi connectivity index (χ1n) is 6.89. The third kappa shape index (κ3) is 4.41. The highest BCUT2D eigenvalue weighted by Gasteiger charge is 2.26. The molecular weight excluding hydrogens is 252 g/mol. The summed E-state index contributed by atoms with van der Waals surface area (Å²) in [7, 11) is 0. The van der Waals surface area contributed by atoms with Crippen molar-refractivity contribution in [2.24, 2.45) is 5.92 Å². The van der Waals surface area contributed by atoms with Crippen molar-refractivity contribution in [3.8, 4) is 0 Å². The molecule has 1 aliphatic heterocycles. The highest BCUT2D eigenvalue weighted by Crippen LogP contribution is 2.26. The van der Waals surface area contributed by atoms with Gasteiger partial charge in [-0.05, 0) is 25.7 Å². The van der Waals surface area contributed by atoms with Gasteiger partial charge in [-0.1, -0.05) is 19.3 Å². The van der Waals surface area contributed by atoms with E-state index in [-0.39, 0.29) is 24.4 Å². The van der Waals surface area contributed by atoms with Crippen molar-refractivity contribution in [3.05, 3.63) is 0 Å². The summed E-state index contributed by atoms with van der Waals surface area (Å²) in [5.74, 6) is 0.764. The molecule has 0 aromatic carbocycles. The van der Waals surface area contributed by atoms with Gasteiger partial charge in [-0.15, -0.1) is 12.4 Å². The van der Waals surface area contributed by atoms with Crippen molar-refractivity contribution in [1.82, 2.24) is 10.6 Å². The average molecular weight is 277 g/mol. The van der Waals surface area contributed by atoms with Crippen LogP contribution in [0.5, 0.6) is 0 Å². The zero-order valence-corrected chi connectivity index (χ0v) is 11.9. The Hall–Kier alpha value is -0.320. The number of ether oxygens (including phenoxy) is 1. The Morgan fingerprint density at radius 2 is 2.06 bits per heavy atom. The van der Waals surface area contributed by atoms with Crippen LogP contribution in [0.4, 0.5) is 0 Å². The van der Waals surface area contributed by atoms with Crippen molar-refractivity contribution in [1.29, 1.82) is 0 Å². The molecule has 1 saturated carbocycles. The third-order valence-corrected chi connectivity index (χ3v) is 3.97. The Bertz CT molecular complexity index is 251. The minimum Gasteiger partial charge on any atom is -0.378 e. The molecule has 2 N–H and O–H groups in total. The number of hydrogen-bond acceptors (Lipinski definition) is 3. The van der Waals surface area contributed by atoms with Crippen LogP contribution in [-0.4, -0.2) is 37.7 Å². The molecule has 5 heteroatoms. The molecule has 106 valence electrons. The SMILES string of the molecule is CC(NC(=O)C1COCCN1)C1CCCCC1.Cl. The zero-order chi connectivity index (χ0) is 12.1. The molecular formula is C13H25ClN2O2. The van der Waals surface area contributed by atoms with Crippen LogP contribution in [0.15, 0.2) is 0 Å². The van der Waals surface area contributed by atoms with Crippen molar-refractivity contribution >= 4 is 18.3 Å². The molecule has 0 radical (unpaired) electrons. The van der Waals surface area contributed by atoms with Crippen LogP contribution in [0.3, 0.4) is 0 Å². The smallest absolute Gasteiger partial charge is 0.239 e. The Morgan fingerprint density at radius 1 is 1.33 bits per heavy atom. The van der Waals surface area contributed by atoms with Crippen molar-refractivity contribution in [2.75, 3.05) is 19.8 Å². The largest absolute Gasteiger partial charge is 0.378 e. The Kier molecular flexibility index (Phi) is 6.97. The molecule has 0 aromatic rings. The van der Waals surface area contributed by atoms with Crippen molar-refractivity contribution in [2.45, 2.75) is 51.1 Å². The first kappa shape index (κ1) is 15.7. The average Bonchev–Trinajstić information content (AvgIpc) is 2.40. The monoisotopic (exact) mass is 276 g/mol. The van der Waals surface area contributed by atoms with Crippen molar-refractivity contribution in [3.63, 3.8) is 0 Å². The maximum Gasteiger partial charge on any atom is 0.239 e. The molecule has 2 atom stereocenters. The minimum absolute atomic E-state index is 0. The molecule has 0 aromatic heterocycles. The van der Waals surface area contributed by atoms with Gasteiger partial charge in [-0.25, -0.2) is 0 Å². The van der Waals surface area contributed by atoms with Gasteiger partial charge in [0, 0.05) is 12.6 Å². The molecule has 4 nitrogen and oxygen atoms in total. The molecule has 18 heavy (non-hydrogen) atoms. The Labute approximate surface area is 116 Å². The topological polar surface area (TPSA) is 50.4 Å². The van der Waals surface area contributed by atoms with Crippen LogP contribution < -0.4 is 10.6 Å². The minimum atomic E-state index is -0.158. The first-order valence-corrected chi connectivity index (χ1v) is 6.89. The maximum atomic E-state index is 12.0. The third-order valence-electron chi connectivity index (χ3n) is 3.97. The van der Waals surface area contributed by atoms with Gasteiger partial charge in [0.25, 0.3) is 0 Å². The van der Waals surface area contributed by atoms with E-state index >= 15 is 0 Å². The lowest BCUT2D eigenvalue weighted by Crippen LogP contribution is -2.54. The molecule has 1 aliphatic carbocycles. The number of rotatable bonds is 3. The fraction of sp³-hybridized carbons (Fsp3) is 0.923. The van der Waals surface area contributed by atoms with Gasteiger partial charge in [0.05, 0.1) is 13.2 Å². The van der Waals surface area contributed by atoms with Gasteiger partial charge in [-0.2, -0.15) is 0 Å². The fourth-order valence-corrected chi connectivity index (χ4v) is 2.81.